The van der Waals surface area contributed by atoms with Crippen LogP contribution in [0.5, 0.6) is 0 Å². The van der Waals surface area contributed by atoms with Crippen molar-refractivity contribution in [2.45, 2.75) is 40.7 Å². The number of hydrogen-bond donors (Lipinski definition) is 0. The molecule has 0 aliphatic carbocycles. The van der Waals surface area contributed by atoms with Gasteiger partial charge in [-0.3, -0.25) is 14.3 Å². The standard InChI is InChI=1S/C19H21N3O4/c1-11(2)10-21-13(4)16(12(3)20-21)9-17(23)26-22-18(24)14-7-5-6-8-15(14)19(22)25/h5-8,11H,9-10H2,1-4H3. The number of nitrogens with zero attached hydrogens (tertiary/aromatic N) is 3. The SMILES string of the molecule is Cc1nn(CC(C)C)c(C)c1CC(=O)ON1C(=O)c2ccccc2C1=O. The molecule has 2 amide bonds. The van der Waals surface area contributed by atoms with Crippen molar-refractivity contribution in [2.24, 2.45) is 5.92 Å². The lowest BCUT2D eigenvalue weighted by atomic mass is 10.1. The molecule has 136 valence electrons. The summed E-state index contributed by atoms with van der Waals surface area (Å²) in [7, 11) is 0. The molecule has 1 aliphatic rings. The maximum Gasteiger partial charge on any atom is 0.337 e. The van der Waals surface area contributed by atoms with Gasteiger partial charge < -0.3 is 4.84 Å². The molecule has 0 fully saturated rings. The van der Waals surface area contributed by atoms with Crippen LogP contribution < -0.4 is 0 Å². The zero-order valence-electron chi connectivity index (χ0n) is 15.3. The lowest BCUT2D eigenvalue weighted by molar-refractivity contribution is -0.167. The molecular formula is C19H21N3O4. The molecule has 0 spiro atoms. The molecule has 0 atom stereocenters. The molecule has 0 radical (unpaired) electrons. The zero-order valence-corrected chi connectivity index (χ0v) is 15.3. The summed E-state index contributed by atoms with van der Waals surface area (Å²) >= 11 is 0. The van der Waals surface area contributed by atoms with E-state index in [4.69, 9.17) is 4.84 Å². The molecule has 7 nitrogen and oxygen atoms in total. The van der Waals surface area contributed by atoms with Crippen LogP contribution in [0.15, 0.2) is 24.3 Å². The van der Waals surface area contributed by atoms with Crippen molar-refractivity contribution in [2.75, 3.05) is 0 Å². The number of imide groups is 1. The second kappa shape index (κ2) is 6.74. The second-order valence-electron chi connectivity index (χ2n) is 6.82. The summed E-state index contributed by atoms with van der Waals surface area (Å²) in [5, 5.41) is 5.00. The average Bonchev–Trinajstić information content (AvgIpc) is 2.98. The summed E-state index contributed by atoms with van der Waals surface area (Å²) in [6, 6.07) is 6.39. The van der Waals surface area contributed by atoms with Gasteiger partial charge in [0.2, 0.25) is 0 Å². The van der Waals surface area contributed by atoms with Gasteiger partial charge in [0, 0.05) is 17.8 Å². The number of amides is 2. The molecule has 0 unspecified atom stereocenters. The van der Waals surface area contributed by atoms with Gasteiger partial charge in [0.1, 0.15) is 0 Å². The maximum absolute atomic E-state index is 12.3. The van der Waals surface area contributed by atoms with E-state index in [0.29, 0.717) is 11.0 Å². The van der Waals surface area contributed by atoms with Crippen LogP contribution in [0.25, 0.3) is 0 Å². The van der Waals surface area contributed by atoms with Crippen LogP contribution in [0, 0.1) is 19.8 Å². The first-order chi connectivity index (χ1) is 12.3. The van der Waals surface area contributed by atoms with Crippen molar-refractivity contribution < 1.29 is 19.2 Å². The first kappa shape index (κ1) is 17.8. The van der Waals surface area contributed by atoms with Crippen molar-refractivity contribution in [3.63, 3.8) is 0 Å². The molecule has 7 heteroatoms. The Morgan fingerprint density at radius 1 is 1.12 bits per heavy atom. The number of hydroxylamine groups is 2. The average molecular weight is 355 g/mol. The summed E-state index contributed by atoms with van der Waals surface area (Å²) in [6.45, 7) is 8.65. The summed E-state index contributed by atoms with van der Waals surface area (Å²) < 4.78 is 1.87. The fraction of sp³-hybridized carbons (Fsp3) is 0.368. The molecule has 2 aromatic rings. The van der Waals surface area contributed by atoms with E-state index in [2.05, 4.69) is 18.9 Å². The molecular weight excluding hydrogens is 334 g/mol. The maximum atomic E-state index is 12.3. The summed E-state index contributed by atoms with van der Waals surface area (Å²) in [5.74, 6) is -1.49. The molecule has 1 aromatic carbocycles. The van der Waals surface area contributed by atoms with Gasteiger partial charge >= 0.3 is 5.97 Å². The van der Waals surface area contributed by atoms with Gasteiger partial charge in [0.15, 0.2) is 0 Å². The van der Waals surface area contributed by atoms with Crippen molar-refractivity contribution in [1.29, 1.82) is 0 Å². The molecule has 3 rings (SSSR count). The third-order valence-electron chi connectivity index (χ3n) is 4.34. The van der Waals surface area contributed by atoms with Gasteiger partial charge in [-0.2, -0.15) is 5.10 Å². The van der Waals surface area contributed by atoms with Crippen molar-refractivity contribution in [1.82, 2.24) is 14.8 Å². The quantitative estimate of drug-likeness (QED) is 0.770. The molecule has 2 heterocycles. The highest BCUT2D eigenvalue weighted by Crippen LogP contribution is 2.23. The Hall–Kier alpha value is -2.96. The normalized spacial score (nSPS) is 13.5. The van der Waals surface area contributed by atoms with E-state index in [-0.39, 0.29) is 17.5 Å². The van der Waals surface area contributed by atoms with E-state index in [1.165, 1.54) is 12.1 Å². The summed E-state index contributed by atoms with van der Waals surface area (Å²) in [4.78, 5) is 42.0. The van der Waals surface area contributed by atoms with Gasteiger partial charge in [-0.15, -0.1) is 0 Å². The molecule has 0 saturated carbocycles. The van der Waals surface area contributed by atoms with Crippen molar-refractivity contribution in [3.8, 4) is 0 Å². The fourth-order valence-electron chi connectivity index (χ4n) is 3.04. The van der Waals surface area contributed by atoms with E-state index in [1.807, 2.05) is 18.5 Å². The minimum Gasteiger partial charge on any atom is -0.329 e. The van der Waals surface area contributed by atoms with E-state index in [9.17, 15) is 14.4 Å². The number of aromatic nitrogens is 2. The summed E-state index contributed by atoms with van der Waals surface area (Å²) in [6.07, 6.45) is -0.0524. The van der Waals surface area contributed by atoms with E-state index >= 15 is 0 Å². The lowest BCUT2D eigenvalue weighted by Gasteiger charge is -2.13. The molecule has 1 aromatic heterocycles. The predicted octanol–water partition coefficient (Wildman–Crippen LogP) is 2.45. The number of carbonyl (C=O) groups is 3. The van der Waals surface area contributed by atoms with Crippen LogP contribution in [0.1, 0.15) is 51.5 Å². The monoisotopic (exact) mass is 355 g/mol. The lowest BCUT2D eigenvalue weighted by Crippen LogP contribution is -2.33. The first-order valence-corrected chi connectivity index (χ1v) is 8.51. The Bertz CT molecular complexity index is 863. The van der Waals surface area contributed by atoms with Crippen LogP contribution in [-0.2, 0) is 22.6 Å². The number of fused-ring (bicyclic) bond motifs is 1. The van der Waals surface area contributed by atoms with Crippen molar-refractivity contribution >= 4 is 17.8 Å². The van der Waals surface area contributed by atoms with E-state index < -0.39 is 17.8 Å². The van der Waals surface area contributed by atoms with Crippen LogP contribution >= 0.6 is 0 Å². The fourth-order valence-corrected chi connectivity index (χ4v) is 3.04. The Labute approximate surface area is 151 Å². The largest absolute Gasteiger partial charge is 0.337 e. The molecule has 1 aliphatic heterocycles. The van der Waals surface area contributed by atoms with Crippen LogP contribution in [0.2, 0.25) is 0 Å². The van der Waals surface area contributed by atoms with Crippen LogP contribution in [-0.4, -0.2) is 32.6 Å². The van der Waals surface area contributed by atoms with Gasteiger partial charge in [0.05, 0.1) is 23.2 Å². The topological polar surface area (TPSA) is 81.5 Å². The number of carbonyl (C=O) groups excluding carboxylic acids is 3. The Balaban J connectivity index is 1.74. The van der Waals surface area contributed by atoms with E-state index in [1.54, 1.807) is 12.1 Å². The highest BCUT2D eigenvalue weighted by molar-refractivity contribution is 6.20. The summed E-state index contributed by atoms with van der Waals surface area (Å²) in [5.41, 5.74) is 2.86. The van der Waals surface area contributed by atoms with E-state index in [0.717, 1.165) is 23.5 Å². The van der Waals surface area contributed by atoms with Crippen LogP contribution in [0.4, 0.5) is 0 Å². The molecule has 0 bridgehead atoms. The third-order valence-corrected chi connectivity index (χ3v) is 4.34. The smallest absolute Gasteiger partial charge is 0.329 e. The highest BCUT2D eigenvalue weighted by Gasteiger charge is 2.38. The Morgan fingerprint density at radius 2 is 1.69 bits per heavy atom. The highest BCUT2D eigenvalue weighted by atomic mass is 16.7. The zero-order chi connectivity index (χ0) is 19.0. The first-order valence-electron chi connectivity index (χ1n) is 8.51. The molecule has 0 saturated heterocycles. The molecule has 26 heavy (non-hydrogen) atoms. The van der Waals surface area contributed by atoms with Gasteiger partial charge in [-0.1, -0.05) is 31.0 Å². The number of hydrogen-bond acceptors (Lipinski definition) is 5. The minimum atomic E-state index is -0.671. The molecule has 0 N–H and O–H groups in total. The van der Waals surface area contributed by atoms with Crippen molar-refractivity contribution in [3.05, 3.63) is 52.3 Å². The van der Waals surface area contributed by atoms with Gasteiger partial charge in [-0.05, 0) is 31.9 Å². The number of benzene rings is 1. The Kier molecular flexibility index (Phi) is 4.63. The Morgan fingerprint density at radius 3 is 2.23 bits per heavy atom. The second-order valence-corrected chi connectivity index (χ2v) is 6.82. The minimum absolute atomic E-state index is 0.0524. The number of aryl methyl sites for hydroxylation is 1. The third kappa shape index (κ3) is 3.12. The van der Waals surface area contributed by atoms with Crippen LogP contribution in [0.3, 0.4) is 0 Å². The predicted molar refractivity (Wildman–Crippen MR) is 93.3 cm³/mol. The number of rotatable bonds is 5. The van der Waals surface area contributed by atoms with Gasteiger partial charge in [0.25, 0.3) is 11.8 Å². The van der Waals surface area contributed by atoms with Gasteiger partial charge in [-0.25, -0.2) is 4.79 Å².